The molecule has 1 aromatic heterocycles. The van der Waals surface area contributed by atoms with Gasteiger partial charge in [-0.3, -0.25) is 4.79 Å². The second-order valence-corrected chi connectivity index (χ2v) is 6.44. The second-order valence-electron chi connectivity index (χ2n) is 5.71. The minimum absolute atomic E-state index is 0.249. The van der Waals surface area contributed by atoms with Crippen molar-refractivity contribution in [2.45, 2.75) is 25.7 Å². The summed E-state index contributed by atoms with van der Waals surface area (Å²) in [6.07, 6.45) is 5.50. The molecule has 0 radical (unpaired) electrons. The van der Waals surface area contributed by atoms with Crippen molar-refractivity contribution in [2.75, 3.05) is 31.1 Å². The Labute approximate surface area is 134 Å². The minimum Gasteiger partial charge on any atom is -0.369 e. The number of rotatable bonds is 3. The third-order valence-corrected chi connectivity index (χ3v) is 5.07. The second kappa shape index (κ2) is 6.36. The number of amides is 1. The number of anilines is 1. The van der Waals surface area contributed by atoms with Crippen LogP contribution in [0.5, 0.6) is 0 Å². The lowest BCUT2D eigenvalue weighted by Gasteiger charge is -2.35. The molecule has 2 saturated heterocycles. The molecule has 0 atom stereocenters. The first-order valence-electron chi connectivity index (χ1n) is 7.34. The summed E-state index contributed by atoms with van der Waals surface area (Å²) in [5.41, 5.74) is 0.854. The Hall–Kier alpha value is -1.07. The maximum Gasteiger partial charge on any atom is 0.222 e. The monoisotopic (exact) mass is 328 g/mol. The van der Waals surface area contributed by atoms with E-state index < -0.39 is 0 Å². The predicted octanol–water partition coefficient (Wildman–Crippen LogP) is 2.62. The van der Waals surface area contributed by atoms with E-state index in [-0.39, 0.29) is 5.15 Å². The molecular weight excluding hydrogens is 311 g/mol. The van der Waals surface area contributed by atoms with Crippen molar-refractivity contribution in [2.24, 2.45) is 5.92 Å². The van der Waals surface area contributed by atoms with Crippen LogP contribution >= 0.6 is 23.2 Å². The third kappa shape index (κ3) is 3.24. The van der Waals surface area contributed by atoms with Gasteiger partial charge < -0.3 is 9.80 Å². The highest BCUT2D eigenvalue weighted by atomic mass is 35.5. The van der Waals surface area contributed by atoms with Gasteiger partial charge in [0.25, 0.3) is 0 Å². The van der Waals surface area contributed by atoms with Crippen LogP contribution in [0.2, 0.25) is 10.2 Å². The van der Waals surface area contributed by atoms with E-state index in [0.717, 1.165) is 57.5 Å². The molecule has 5 nitrogen and oxygen atoms in total. The summed E-state index contributed by atoms with van der Waals surface area (Å²) >= 11 is 12.1. The van der Waals surface area contributed by atoms with Gasteiger partial charge in [-0.2, -0.15) is 5.10 Å². The summed E-state index contributed by atoms with van der Waals surface area (Å²) in [6.45, 7) is 3.65. The molecule has 0 aromatic carbocycles. The largest absolute Gasteiger partial charge is 0.369 e. The number of likely N-dealkylation sites (tertiary alicyclic amines) is 1. The number of halogens is 2. The fraction of sp³-hybridized carbons (Fsp3) is 0.643. The fourth-order valence-corrected chi connectivity index (χ4v) is 3.47. The lowest BCUT2D eigenvalue weighted by Crippen LogP contribution is -2.39. The van der Waals surface area contributed by atoms with Gasteiger partial charge in [0, 0.05) is 32.6 Å². The van der Waals surface area contributed by atoms with Gasteiger partial charge >= 0.3 is 0 Å². The maximum atomic E-state index is 11.7. The zero-order valence-corrected chi connectivity index (χ0v) is 13.3. The number of carbonyl (C=O) groups excluding carboxylic acids is 1. The number of hydrogen-bond acceptors (Lipinski definition) is 4. The Morgan fingerprint density at radius 2 is 2.00 bits per heavy atom. The van der Waals surface area contributed by atoms with Gasteiger partial charge in [0.2, 0.25) is 5.91 Å². The first kappa shape index (κ1) is 14.9. The molecule has 0 unspecified atom stereocenters. The van der Waals surface area contributed by atoms with Crippen LogP contribution < -0.4 is 4.90 Å². The summed E-state index contributed by atoms with van der Waals surface area (Å²) in [6, 6.07) is 0. The Morgan fingerprint density at radius 1 is 1.24 bits per heavy atom. The molecular formula is C14H18Cl2N4O. The summed E-state index contributed by atoms with van der Waals surface area (Å²) < 4.78 is 0. The third-order valence-electron chi connectivity index (χ3n) is 4.34. The summed E-state index contributed by atoms with van der Waals surface area (Å²) in [4.78, 5) is 15.9. The van der Waals surface area contributed by atoms with Gasteiger partial charge in [0.15, 0.2) is 5.15 Å². The van der Waals surface area contributed by atoms with Crippen molar-refractivity contribution in [3.8, 4) is 0 Å². The zero-order chi connectivity index (χ0) is 14.8. The van der Waals surface area contributed by atoms with Crippen LogP contribution in [-0.2, 0) is 4.79 Å². The first-order chi connectivity index (χ1) is 10.1. The van der Waals surface area contributed by atoms with E-state index in [1.165, 1.54) is 0 Å². The molecule has 1 amide bonds. The zero-order valence-electron chi connectivity index (χ0n) is 11.8. The van der Waals surface area contributed by atoms with Crippen molar-refractivity contribution >= 4 is 34.8 Å². The molecule has 2 aliphatic rings. The van der Waals surface area contributed by atoms with E-state index in [4.69, 9.17) is 23.2 Å². The molecule has 3 rings (SSSR count). The summed E-state index contributed by atoms with van der Waals surface area (Å²) in [5, 5.41) is 8.33. The Bertz CT molecular complexity index is 532. The smallest absolute Gasteiger partial charge is 0.222 e. The van der Waals surface area contributed by atoms with Gasteiger partial charge in [-0.1, -0.05) is 23.2 Å². The van der Waals surface area contributed by atoms with Gasteiger partial charge in [-0.25, -0.2) is 0 Å². The van der Waals surface area contributed by atoms with Crippen LogP contribution in [0.3, 0.4) is 0 Å². The Morgan fingerprint density at radius 3 is 2.67 bits per heavy atom. The van der Waals surface area contributed by atoms with Crippen molar-refractivity contribution < 1.29 is 4.79 Å². The molecule has 2 fully saturated rings. The molecule has 3 heterocycles. The molecule has 114 valence electrons. The minimum atomic E-state index is 0.249. The molecule has 0 N–H and O–H groups in total. The van der Waals surface area contributed by atoms with Crippen LogP contribution in [0.25, 0.3) is 0 Å². The van der Waals surface area contributed by atoms with Crippen LogP contribution in [-0.4, -0.2) is 47.2 Å². The van der Waals surface area contributed by atoms with E-state index in [1.54, 1.807) is 6.20 Å². The average Bonchev–Trinajstić information content (AvgIpc) is 2.88. The highest BCUT2D eigenvalue weighted by Crippen LogP contribution is 2.32. The number of hydrogen-bond donors (Lipinski definition) is 0. The fourth-order valence-electron chi connectivity index (χ4n) is 3.13. The average molecular weight is 329 g/mol. The Kier molecular flexibility index (Phi) is 4.50. The molecule has 1 aromatic rings. The topological polar surface area (TPSA) is 49.3 Å². The number of nitrogens with zero attached hydrogens (tertiary/aromatic N) is 4. The van der Waals surface area contributed by atoms with Crippen LogP contribution in [0.15, 0.2) is 6.20 Å². The molecule has 0 bridgehead atoms. The highest BCUT2D eigenvalue weighted by molar-refractivity contribution is 6.42. The van der Waals surface area contributed by atoms with Gasteiger partial charge in [0.05, 0.1) is 11.9 Å². The van der Waals surface area contributed by atoms with Crippen molar-refractivity contribution in [3.63, 3.8) is 0 Å². The Balaban J connectivity index is 1.57. The van der Waals surface area contributed by atoms with E-state index in [0.29, 0.717) is 16.8 Å². The van der Waals surface area contributed by atoms with E-state index in [1.807, 2.05) is 4.90 Å². The highest BCUT2D eigenvalue weighted by Gasteiger charge is 2.27. The van der Waals surface area contributed by atoms with Crippen LogP contribution in [0.4, 0.5) is 5.69 Å². The molecule has 7 heteroatoms. The van der Waals surface area contributed by atoms with Crippen LogP contribution in [0.1, 0.15) is 25.7 Å². The van der Waals surface area contributed by atoms with Crippen LogP contribution in [0, 0.1) is 5.92 Å². The van der Waals surface area contributed by atoms with Gasteiger partial charge in [-0.05, 0) is 25.2 Å². The molecule has 0 spiro atoms. The van der Waals surface area contributed by atoms with Crippen molar-refractivity contribution in [1.29, 1.82) is 0 Å². The first-order valence-corrected chi connectivity index (χ1v) is 8.10. The SMILES string of the molecule is O=C1CCCN1CC1CCN(c2cnnc(Cl)c2Cl)CC1. The number of carbonyl (C=O) groups is 1. The molecule has 21 heavy (non-hydrogen) atoms. The number of aromatic nitrogens is 2. The van der Waals surface area contributed by atoms with Gasteiger partial charge in [-0.15, -0.1) is 5.10 Å². The van der Waals surface area contributed by atoms with Crippen molar-refractivity contribution in [1.82, 2.24) is 15.1 Å². The van der Waals surface area contributed by atoms with E-state index in [9.17, 15) is 4.79 Å². The maximum absolute atomic E-state index is 11.7. The normalized spacial score (nSPS) is 20.4. The van der Waals surface area contributed by atoms with E-state index in [2.05, 4.69) is 15.1 Å². The van der Waals surface area contributed by atoms with E-state index >= 15 is 0 Å². The lowest BCUT2D eigenvalue weighted by atomic mass is 9.96. The molecule has 0 saturated carbocycles. The summed E-state index contributed by atoms with van der Waals surface area (Å²) in [5.74, 6) is 0.887. The lowest BCUT2D eigenvalue weighted by molar-refractivity contribution is -0.128. The quantitative estimate of drug-likeness (QED) is 0.855. The predicted molar refractivity (Wildman–Crippen MR) is 82.8 cm³/mol. The molecule has 0 aliphatic carbocycles. The number of piperidine rings is 1. The van der Waals surface area contributed by atoms with Gasteiger partial charge in [0.1, 0.15) is 5.02 Å². The van der Waals surface area contributed by atoms with Crippen molar-refractivity contribution in [3.05, 3.63) is 16.4 Å². The summed E-state index contributed by atoms with van der Waals surface area (Å²) in [7, 11) is 0. The molecule has 2 aliphatic heterocycles. The standard InChI is InChI=1S/C14H18Cl2N4O/c15-13-11(8-17-18-14(13)16)19-6-3-10(4-7-19)9-20-5-1-2-12(20)21/h8,10H,1-7,9H2.